The van der Waals surface area contributed by atoms with E-state index < -0.39 is 0 Å². The Morgan fingerprint density at radius 3 is 2.78 bits per heavy atom. The van der Waals surface area contributed by atoms with Gasteiger partial charge in [0.1, 0.15) is 0 Å². The van der Waals surface area contributed by atoms with E-state index in [9.17, 15) is 4.79 Å². The first-order valence-corrected chi connectivity index (χ1v) is 6.07. The van der Waals surface area contributed by atoms with Crippen LogP contribution in [-0.2, 0) is 0 Å². The lowest BCUT2D eigenvalue weighted by Crippen LogP contribution is -2.36. The zero-order valence-electron chi connectivity index (χ0n) is 10.6. The highest BCUT2D eigenvalue weighted by molar-refractivity contribution is 6.32. The van der Waals surface area contributed by atoms with Gasteiger partial charge in [0.05, 0.1) is 0 Å². The average molecular weight is 268 g/mol. The molecule has 0 atom stereocenters. The summed E-state index contributed by atoms with van der Waals surface area (Å²) in [5, 5.41) is 6.02. The van der Waals surface area contributed by atoms with E-state index >= 15 is 0 Å². The van der Waals surface area contributed by atoms with E-state index in [1.807, 2.05) is 37.2 Å². The van der Waals surface area contributed by atoms with Crippen molar-refractivity contribution in [3.05, 3.63) is 41.1 Å². The molecule has 0 aliphatic rings. The van der Waals surface area contributed by atoms with Crippen LogP contribution in [0.15, 0.2) is 30.5 Å². The highest BCUT2D eigenvalue weighted by Crippen LogP contribution is 2.15. The van der Waals surface area contributed by atoms with Crippen molar-refractivity contribution < 1.29 is 4.79 Å². The number of amides is 2. The molecule has 5 heteroatoms. The van der Waals surface area contributed by atoms with Crippen molar-refractivity contribution in [1.29, 1.82) is 0 Å². The normalized spacial score (nSPS) is 10.9. The van der Waals surface area contributed by atoms with E-state index in [1.54, 1.807) is 18.3 Å². The second-order valence-corrected chi connectivity index (χ2v) is 4.47. The number of benzene rings is 1. The van der Waals surface area contributed by atoms with Gasteiger partial charge in [-0.1, -0.05) is 29.8 Å². The van der Waals surface area contributed by atoms with Gasteiger partial charge in [-0.05, 0) is 31.8 Å². The van der Waals surface area contributed by atoms with Crippen molar-refractivity contribution in [3.8, 4) is 0 Å². The van der Waals surface area contributed by atoms with Crippen LogP contribution in [0.2, 0.25) is 5.02 Å². The first kappa shape index (κ1) is 14.5. The van der Waals surface area contributed by atoms with Crippen molar-refractivity contribution in [2.75, 3.05) is 27.2 Å². The predicted octanol–water partition coefficient (Wildman–Crippen LogP) is 2.17. The predicted molar refractivity (Wildman–Crippen MR) is 75.6 cm³/mol. The average Bonchev–Trinajstić information content (AvgIpc) is 2.31. The second kappa shape index (κ2) is 7.74. The van der Waals surface area contributed by atoms with E-state index in [-0.39, 0.29) is 6.03 Å². The molecule has 0 heterocycles. The topological polar surface area (TPSA) is 44.4 Å². The molecule has 0 unspecified atom stereocenters. The molecule has 18 heavy (non-hydrogen) atoms. The van der Waals surface area contributed by atoms with Crippen LogP contribution >= 0.6 is 11.6 Å². The number of carbonyl (C=O) groups excluding carboxylic acids is 1. The first-order chi connectivity index (χ1) is 8.59. The first-order valence-electron chi connectivity index (χ1n) is 5.70. The van der Waals surface area contributed by atoms with E-state index in [4.69, 9.17) is 11.6 Å². The van der Waals surface area contributed by atoms with Crippen molar-refractivity contribution in [3.63, 3.8) is 0 Å². The molecule has 2 N–H and O–H groups in total. The Morgan fingerprint density at radius 1 is 1.39 bits per heavy atom. The summed E-state index contributed by atoms with van der Waals surface area (Å²) in [5.41, 5.74) is 0.868. The van der Waals surface area contributed by atoms with E-state index in [0.29, 0.717) is 11.6 Å². The highest BCUT2D eigenvalue weighted by Gasteiger charge is 1.97. The Morgan fingerprint density at radius 2 is 2.11 bits per heavy atom. The summed E-state index contributed by atoms with van der Waals surface area (Å²) in [7, 11) is 3.91. The zero-order chi connectivity index (χ0) is 13.4. The molecule has 0 fully saturated rings. The monoisotopic (exact) mass is 267 g/mol. The summed E-state index contributed by atoms with van der Waals surface area (Å²) >= 11 is 5.97. The molecule has 0 saturated carbocycles. The number of nitrogens with zero attached hydrogens (tertiary/aromatic N) is 1. The standard InChI is InChI=1S/C13H18ClN3O/c1-17(2)10-9-16-13(18)15-8-7-11-5-3-4-6-12(11)14/h3-8H,9-10H2,1-2H3,(H2,15,16,18)/b8-7+. The molecule has 0 spiro atoms. The van der Waals surface area contributed by atoms with Gasteiger partial charge in [-0.25, -0.2) is 4.79 Å². The quantitative estimate of drug-likeness (QED) is 0.859. The van der Waals surface area contributed by atoms with E-state index in [2.05, 4.69) is 10.6 Å². The Bertz CT molecular complexity index is 418. The van der Waals surface area contributed by atoms with Gasteiger partial charge in [0, 0.05) is 24.3 Å². The largest absolute Gasteiger partial charge is 0.337 e. The number of urea groups is 1. The van der Waals surface area contributed by atoms with E-state index in [0.717, 1.165) is 12.1 Å². The Kier molecular flexibility index (Phi) is 6.25. The van der Waals surface area contributed by atoms with Crippen LogP contribution in [0.25, 0.3) is 6.08 Å². The molecule has 1 rings (SSSR count). The molecule has 1 aromatic rings. The number of likely N-dealkylation sites (N-methyl/N-ethyl adjacent to an activating group) is 1. The van der Waals surface area contributed by atoms with Crippen molar-refractivity contribution in [1.82, 2.24) is 15.5 Å². The third-order valence-corrected chi connectivity index (χ3v) is 2.57. The van der Waals surface area contributed by atoms with Gasteiger partial charge < -0.3 is 15.5 Å². The molecule has 0 aromatic heterocycles. The van der Waals surface area contributed by atoms with Crippen LogP contribution in [0.3, 0.4) is 0 Å². The number of hydrogen-bond donors (Lipinski definition) is 2. The lowest BCUT2D eigenvalue weighted by atomic mass is 10.2. The number of nitrogens with one attached hydrogen (secondary N) is 2. The van der Waals surface area contributed by atoms with Gasteiger partial charge in [0.25, 0.3) is 0 Å². The molecule has 0 aliphatic carbocycles. The molecule has 98 valence electrons. The summed E-state index contributed by atoms with van der Waals surface area (Å²) in [6.07, 6.45) is 3.33. The van der Waals surface area contributed by atoms with Gasteiger partial charge in [-0.3, -0.25) is 0 Å². The lowest BCUT2D eigenvalue weighted by Gasteiger charge is -2.09. The third kappa shape index (κ3) is 5.70. The Hall–Kier alpha value is -1.52. The summed E-state index contributed by atoms with van der Waals surface area (Å²) in [5.74, 6) is 0. The van der Waals surface area contributed by atoms with Crippen LogP contribution in [0, 0.1) is 0 Å². The fourth-order valence-corrected chi connectivity index (χ4v) is 1.46. The van der Waals surface area contributed by atoms with Crippen LogP contribution in [0.4, 0.5) is 4.79 Å². The zero-order valence-corrected chi connectivity index (χ0v) is 11.4. The minimum absolute atomic E-state index is 0.222. The van der Waals surface area contributed by atoms with Crippen molar-refractivity contribution in [2.24, 2.45) is 0 Å². The van der Waals surface area contributed by atoms with Gasteiger partial charge in [0.15, 0.2) is 0 Å². The Balaban J connectivity index is 2.32. The molecule has 0 aliphatic heterocycles. The van der Waals surface area contributed by atoms with Gasteiger partial charge >= 0.3 is 6.03 Å². The van der Waals surface area contributed by atoms with Crippen LogP contribution < -0.4 is 10.6 Å². The highest BCUT2D eigenvalue weighted by atomic mass is 35.5. The molecule has 0 saturated heterocycles. The van der Waals surface area contributed by atoms with Crippen molar-refractivity contribution >= 4 is 23.7 Å². The molecule has 4 nitrogen and oxygen atoms in total. The smallest absolute Gasteiger partial charge is 0.318 e. The number of rotatable bonds is 5. The summed E-state index contributed by atoms with van der Waals surface area (Å²) in [6, 6.07) is 7.22. The number of halogens is 1. The summed E-state index contributed by atoms with van der Waals surface area (Å²) in [4.78, 5) is 13.4. The molecular weight excluding hydrogens is 250 g/mol. The molecule has 1 aromatic carbocycles. The van der Waals surface area contributed by atoms with Crippen molar-refractivity contribution in [2.45, 2.75) is 0 Å². The van der Waals surface area contributed by atoms with Crippen LogP contribution in [-0.4, -0.2) is 38.1 Å². The van der Waals surface area contributed by atoms with Gasteiger partial charge in [0.2, 0.25) is 0 Å². The minimum Gasteiger partial charge on any atom is -0.337 e. The molecule has 0 radical (unpaired) electrons. The summed E-state index contributed by atoms with van der Waals surface area (Å²) < 4.78 is 0. The fraction of sp³-hybridized carbons (Fsp3) is 0.308. The minimum atomic E-state index is -0.222. The maximum atomic E-state index is 11.4. The van der Waals surface area contributed by atoms with Crippen LogP contribution in [0.5, 0.6) is 0 Å². The third-order valence-electron chi connectivity index (χ3n) is 2.23. The number of hydrogen-bond acceptors (Lipinski definition) is 2. The maximum absolute atomic E-state index is 11.4. The molecule has 2 amide bonds. The SMILES string of the molecule is CN(C)CCNC(=O)N/C=C/c1ccccc1Cl. The van der Waals surface area contributed by atoms with Crippen LogP contribution in [0.1, 0.15) is 5.56 Å². The molecule has 0 bridgehead atoms. The lowest BCUT2D eigenvalue weighted by molar-refractivity contribution is 0.243. The fourth-order valence-electron chi connectivity index (χ4n) is 1.26. The second-order valence-electron chi connectivity index (χ2n) is 4.06. The Labute approximate surface area is 113 Å². The maximum Gasteiger partial charge on any atom is 0.318 e. The number of carbonyl (C=O) groups is 1. The summed E-state index contributed by atoms with van der Waals surface area (Å²) in [6.45, 7) is 1.42. The van der Waals surface area contributed by atoms with Gasteiger partial charge in [-0.15, -0.1) is 0 Å². The molecular formula is C13H18ClN3O. The van der Waals surface area contributed by atoms with Gasteiger partial charge in [-0.2, -0.15) is 0 Å². The van der Waals surface area contributed by atoms with E-state index in [1.165, 1.54) is 0 Å².